The van der Waals surface area contributed by atoms with Crippen LogP contribution in [0.5, 0.6) is 0 Å². The topological polar surface area (TPSA) is 89.9 Å². The number of aliphatic hydroxyl groups is 1. The molecular weight excluding hydrogens is 272 g/mol. The van der Waals surface area contributed by atoms with Crippen LogP contribution in [0.4, 0.5) is 4.79 Å². The molecule has 3 atom stereocenters. The fourth-order valence-corrected chi connectivity index (χ4v) is 2.62. The zero-order valence-corrected chi connectivity index (χ0v) is 13.4. The van der Waals surface area contributed by atoms with Gasteiger partial charge in [-0.3, -0.25) is 4.79 Å². The summed E-state index contributed by atoms with van der Waals surface area (Å²) in [7, 11) is 0. The largest absolute Gasteiger partial charge is 0.481 e. The number of amides is 2. The maximum Gasteiger partial charge on any atom is 0.317 e. The van der Waals surface area contributed by atoms with E-state index in [9.17, 15) is 14.7 Å². The lowest BCUT2D eigenvalue weighted by atomic mass is 9.87. The van der Waals surface area contributed by atoms with Gasteiger partial charge < -0.3 is 20.4 Å². The molecule has 0 saturated carbocycles. The first-order chi connectivity index (χ1) is 9.58. The van der Waals surface area contributed by atoms with Gasteiger partial charge >= 0.3 is 12.0 Å². The summed E-state index contributed by atoms with van der Waals surface area (Å²) < 4.78 is 0. The number of hydrogen-bond acceptors (Lipinski definition) is 3. The highest BCUT2D eigenvalue weighted by molar-refractivity contribution is 5.76. The number of β-amino-alcohol motifs (C(OH)–C–C–N with tert-alkyl or cyclic N) is 1. The van der Waals surface area contributed by atoms with Crippen LogP contribution in [0, 0.1) is 11.3 Å². The van der Waals surface area contributed by atoms with Crippen LogP contribution in [0.25, 0.3) is 0 Å². The molecule has 1 aliphatic heterocycles. The Kier molecular flexibility index (Phi) is 6.01. The van der Waals surface area contributed by atoms with E-state index >= 15 is 0 Å². The fraction of sp³-hybridized carbons (Fsp3) is 0.867. The van der Waals surface area contributed by atoms with Crippen LogP contribution >= 0.6 is 0 Å². The number of aliphatic carboxylic acids is 1. The van der Waals surface area contributed by atoms with Crippen LogP contribution in [0.1, 0.15) is 47.0 Å². The Morgan fingerprint density at radius 1 is 1.38 bits per heavy atom. The van der Waals surface area contributed by atoms with Gasteiger partial charge in [0.1, 0.15) is 0 Å². The lowest BCUT2D eigenvalue weighted by Gasteiger charge is -2.35. The lowest BCUT2D eigenvalue weighted by molar-refractivity contribution is -0.137. The molecule has 6 nitrogen and oxygen atoms in total. The molecule has 2 amide bonds. The zero-order valence-electron chi connectivity index (χ0n) is 13.4. The van der Waals surface area contributed by atoms with Crippen molar-refractivity contribution in [2.75, 3.05) is 13.1 Å². The molecule has 0 bridgehead atoms. The average molecular weight is 300 g/mol. The van der Waals surface area contributed by atoms with E-state index in [1.54, 1.807) is 4.90 Å². The van der Waals surface area contributed by atoms with Gasteiger partial charge in [0.05, 0.1) is 12.5 Å². The van der Waals surface area contributed by atoms with Gasteiger partial charge in [-0.25, -0.2) is 4.79 Å². The van der Waals surface area contributed by atoms with Crippen molar-refractivity contribution in [2.45, 2.75) is 59.1 Å². The Balaban J connectivity index is 2.61. The second-order valence-corrected chi connectivity index (χ2v) is 7.29. The minimum absolute atomic E-state index is 0.0661. The van der Waals surface area contributed by atoms with E-state index in [-0.39, 0.29) is 23.8 Å². The number of carbonyl (C=O) groups excluding carboxylic acids is 1. The van der Waals surface area contributed by atoms with Crippen molar-refractivity contribution in [1.82, 2.24) is 10.2 Å². The third-order valence-electron chi connectivity index (χ3n) is 3.81. The van der Waals surface area contributed by atoms with Crippen LogP contribution < -0.4 is 5.32 Å². The minimum atomic E-state index is -0.920. The number of aliphatic hydroxyl groups excluding tert-OH is 1. The Bertz CT molecular complexity index is 378. The molecule has 1 saturated heterocycles. The van der Waals surface area contributed by atoms with Crippen molar-refractivity contribution in [3.8, 4) is 0 Å². The number of hydrogen-bond donors (Lipinski definition) is 3. The standard InChI is InChI=1S/C15H28N2O4/c1-10-5-6-17(9-12(10)18)14(21)16-11(7-13(19)20)8-15(2,3)4/h10-12,18H,5-9H2,1-4H3,(H,16,21)(H,19,20). The van der Waals surface area contributed by atoms with Gasteiger partial charge in [-0.05, 0) is 24.2 Å². The summed E-state index contributed by atoms with van der Waals surface area (Å²) in [6.45, 7) is 8.91. The van der Waals surface area contributed by atoms with Crippen LogP contribution in [-0.2, 0) is 4.79 Å². The molecule has 0 aromatic carbocycles. The van der Waals surface area contributed by atoms with E-state index in [1.165, 1.54) is 0 Å². The maximum atomic E-state index is 12.2. The molecule has 0 radical (unpaired) electrons. The first kappa shape index (κ1) is 17.8. The van der Waals surface area contributed by atoms with Crippen molar-refractivity contribution >= 4 is 12.0 Å². The average Bonchev–Trinajstić information content (AvgIpc) is 2.29. The molecule has 1 rings (SSSR count). The van der Waals surface area contributed by atoms with Gasteiger partial charge in [0.25, 0.3) is 0 Å². The van der Waals surface area contributed by atoms with E-state index < -0.39 is 18.1 Å². The van der Waals surface area contributed by atoms with E-state index in [4.69, 9.17) is 5.11 Å². The number of carboxylic acids is 1. The molecule has 0 aliphatic carbocycles. The van der Waals surface area contributed by atoms with Gasteiger partial charge in [-0.15, -0.1) is 0 Å². The molecule has 0 spiro atoms. The number of rotatable bonds is 4. The van der Waals surface area contributed by atoms with Gasteiger partial charge in [-0.1, -0.05) is 27.7 Å². The Labute approximate surface area is 126 Å². The molecule has 6 heteroatoms. The molecule has 3 unspecified atom stereocenters. The predicted molar refractivity (Wildman–Crippen MR) is 80.0 cm³/mol. The summed E-state index contributed by atoms with van der Waals surface area (Å²) in [5, 5.41) is 21.6. The van der Waals surface area contributed by atoms with Crippen LogP contribution in [-0.4, -0.2) is 52.3 Å². The molecule has 122 valence electrons. The monoisotopic (exact) mass is 300 g/mol. The molecular formula is C15H28N2O4. The van der Waals surface area contributed by atoms with Gasteiger partial charge in [0.2, 0.25) is 0 Å². The van der Waals surface area contributed by atoms with E-state index in [1.807, 2.05) is 27.7 Å². The number of nitrogens with one attached hydrogen (secondary N) is 1. The number of likely N-dealkylation sites (tertiary alicyclic amines) is 1. The number of carbonyl (C=O) groups is 2. The molecule has 0 aromatic rings. The quantitative estimate of drug-likeness (QED) is 0.737. The lowest BCUT2D eigenvalue weighted by Crippen LogP contribution is -2.52. The molecule has 1 fully saturated rings. The SMILES string of the molecule is CC1CCN(C(=O)NC(CC(=O)O)CC(C)(C)C)CC1O. The molecule has 0 aromatic heterocycles. The van der Waals surface area contributed by atoms with Crippen molar-refractivity contribution < 1.29 is 19.8 Å². The van der Waals surface area contributed by atoms with E-state index in [0.29, 0.717) is 19.5 Å². The van der Waals surface area contributed by atoms with Crippen LogP contribution in [0.3, 0.4) is 0 Å². The number of nitrogens with zero attached hydrogens (tertiary/aromatic N) is 1. The summed E-state index contributed by atoms with van der Waals surface area (Å²) >= 11 is 0. The van der Waals surface area contributed by atoms with Crippen LogP contribution in [0.2, 0.25) is 0 Å². The van der Waals surface area contributed by atoms with E-state index in [0.717, 1.165) is 6.42 Å². The third-order valence-corrected chi connectivity index (χ3v) is 3.81. The van der Waals surface area contributed by atoms with Gasteiger partial charge in [0.15, 0.2) is 0 Å². The Morgan fingerprint density at radius 3 is 2.48 bits per heavy atom. The number of carboxylic acid groups (broad SMARTS) is 1. The second kappa shape index (κ2) is 7.11. The fourth-order valence-electron chi connectivity index (χ4n) is 2.62. The maximum absolute atomic E-state index is 12.2. The summed E-state index contributed by atoms with van der Waals surface area (Å²) in [5.41, 5.74) is -0.0661. The molecule has 3 N–H and O–H groups in total. The van der Waals surface area contributed by atoms with Crippen molar-refractivity contribution in [3.05, 3.63) is 0 Å². The normalized spacial score (nSPS) is 24.5. The molecule has 21 heavy (non-hydrogen) atoms. The first-order valence-electron chi connectivity index (χ1n) is 7.54. The van der Waals surface area contributed by atoms with Crippen molar-refractivity contribution in [3.63, 3.8) is 0 Å². The summed E-state index contributed by atoms with van der Waals surface area (Å²) in [4.78, 5) is 24.8. The molecule has 1 heterocycles. The van der Waals surface area contributed by atoms with Crippen molar-refractivity contribution in [1.29, 1.82) is 0 Å². The second-order valence-electron chi connectivity index (χ2n) is 7.29. The van der Waals surface area contributed by atoms with E-state index in [2.05, 4.69) is 5.32 Å². The minimum Gasteiger partial charge on any atom is -0.481 e. The highest BCUT2D eigenvalue weighted by Gasteiger charge is 2.29. The van der Waals surface area contributed by atoms with Crippen molar-refractivity contribution in [2.24, 2.45) is 11.3 Å². The summed E-state index contributed by atoms with van der Waals surface area (Å²) in [6.07, 6.45) is 0.760. The Hall–Kier alpha value is -1.30. The highest BCUT2D eigenvalue weighted by Crippen LogP contribution is 2.23. The summed E-state index contributed by atoms with van der Waals surface area (Å²) in [5.74, 6) is -0.727. The third kappa shape index (κ3) is 6.33. The molecule has 1 aliphatic rings. The Morgan fingerprint density at radius 2 is 2.00 bits per heavy atom. The number of urea groups is 1. The smallest absolute Gasteiger partial charge is 0.317 e. The predicted octanol–water partition coefficient (Wildman–Crippen LogP) is 1.68. The number of piperidine rings is 1. The zero-order chi connectivity index (χ0) is 16.2. The van der Waals surface area contributed by atoms with Crippen LogP contribution in [0.15, 0.2) is 0 Å². The van der Waals surface area contributed by atoms with Gasteiger partial charge in [-0.2, -0.15) is 0 Å². The highest BCUT2D eigenvalue weighted by atomic mass is 16.4. The first-order valence-corrected chi connectivity index (χ1v) is 7.54. The van der Waals surface area contributed by atoms with Gasteiger partial charge in [0, 0.05) is 19.1 Å². The summed E-state index contributed by atoms with van der Waals surface area (Å²) in [6, 6.07) is -0.678.